The van der Waals surface area contributed by atoms with Crippen molar-refractivity contribution in [1.82, 2.24) is 10.2 Å². The molecule has 0 saturated carbocycles. The molecule has 0 radical (unpaired) electrons. The van der Waals surface area contributed by atoms with E-state index in [1.54, 1.807) is 0 Å². The molecule has 2 aliphatic rings. The summed E-state index contributed by atoms with van der Waals surface area (Å²) in [4.78, 5) is 14.8. The second kappa shape index (κ2) is 5.96. The van der Waals surface area contributed by atoms with E-state index in [0.29, 0.717) is 6.04 Å². The minimum absolute atomic E-state index is 0.110. The summed E-state index contributed by atoms with van der Waals surface area (Å²) in [6, 6.07) is 8.94. The van der Waals surface area contributed by atoms with Crippen LogP contribution in [0.2, 0.25) is 0 Å². The number of nitrogens with one attached hydrogen (secondary N) is 1. The minimum Gasteiger partial charge on any atom is -0.351 e. The zero-order valence-corrected chi connectivity index (χ0v) is 12.3. The lowest BCUT2D eigenvalue weighted by molar-refractivity contribution is -0.126. The number of amides is 1. The van der Waals surface area contributed by atoms with Crippen LogP contribution in [0.25, 0.3) is 0 Å². The number of likely N-dealkylation sites (tertiary alicyclic amines) is 1. The molecule has 108 valence electrons. The Bertz CT molecular complexity index is 461. The second-order valence-corrected chi connectivity index (χ2v) is 6.08. The maximum atomic E-state index is 12.5. The van der Waals surface area contributed by atoms with Crippen molar-refractivity contribution in [2.24, 2.45) is 0 Å². The number of carbonyl (C=O) groups is 1. The smallest absolute Gasteiger partial charge is 0.237 e. The van der Waals surface area contributed by atoms with E-state index < -0.39 is 0 Å². The summed E-state index contributed by atoms with van der Waals surface area (Å²) in [5.41, 5.74) is 2.80. The normalized spacial score (nSPS) is 22.9. The van der Waals surface area contributed by atoms with Gasteiger partial charge in [0.15, 0.2) is 0 Å². The van der Waals surface area contributed by atoms with Crippen LogP contribution in [-0.2, 0) is 17.6 Å². The van der Waals surface area contributed by atoms with E-state index in [1.165, 1.54) is 11.1 Å². The standard InChI is InChI=1S/C17H24N2O/c1-2-9-19-10-5-8-16(19)17(20)18-15-11-13-6-3-4-7-14(13)12-15/h3-4,6-7,15-16H,2,5,8-12H2,1H3,(H,18,20)/t16-/m1/s1. The highest BCUT2D eigenvalue weighted by molar-refractivity contribution is 5.82. The predicted octanol–water partition coefficient (Wildman–Crippen LogP) is 2.14. The van der Waals surface area contributed by atoms with Crippen molar-refractivity contribution >= 4 is 5.91 Å². The van der Waals surface area contributed by atoms with Crippen molar-refractivity contribution < 1.29 is 4.79 Å². The van der Waals surface area contributed by atoms with Crippen LogP contribution in [0.15, 0.2) is 24.3 Å². The predicted molar refractivity (Wildman–Crippen MR) is 80.7 cm³/mol. The highest BCUT2D eigenvalue weighted by Gasteiger charge is 2.32. The summed E-state index contributed by atoms with van der Waals surface area (Å²) < 4.78 is 0. The molecule has 3 nitrogen and oxygen atoms in total. The van der Waals surface area contributed by atoms with E-state index in [1.807, 2.05) is 0 Å². The van der Waals surface area contributed by atoms with Crippen LogP contribution in [0, 0.1) is 0 Å². The van der Waals surface area contributed by atoms with Crippen molar-refractivity contribution in [3.05, 3.63) is 35.4 Å². The summed E-state index contributed by atoms with van der Waals surface area (Å²) in [5, 5.41) is 3.28. The molecule has 1 amide bonds. The molecule has 1 atom stereocenters. The Morgan fingerprint density at radius 2 is 2.00 bits per heavy atom. The Balaban J connectivity index is 1.58. The third kappa shape index (κ3) is 2.73. The van der Waals surface area contributed by atoms with E-state index >= 15 is 0 Å². The van der Waals surface area contributed by atoms with E-state index in [9.17, 15) is 4.79 Å². The van der Waals surface area contributed by atoms with Crippen LogP contribution in [0.3, 0.4) is 0 Å². The van der Waals surface area contributed by atoms with Crippen LogP contribution in [0.5, 0.6) is 0 Å². The number of rotatable bonds is 4. The highest BCUT2D eigenvalue weighted by Crippen LogP contribution is 2.23. The third-order valence-corrected chi connectivity index (χ3v) is 4.57. The van der Waals surface area contributed by atoms with Gasteiger partial charge in [-0.1, -0.05) is 31.2 Å². The molecule has 1 aromatic rings. The Morgan fingerprint density at radius 1 is 1.30 bits per heavy atom. The number of hydrogen-bond acceptors (Lipinski definition) is 2. The van der Waals surface area contributed by atoms with Gasteiger partial charge in [0.2, 0.25) is 5.91 Å². The molecule has 20 heavy (non-hydrogen) atoms. The summed E-state index contributed by atoms with van der Waals surface area (Å²) in [6.45, 7) is 4.31. The fraction of sp³-hybridized carbons (Fsp3) is 0.588. The van der Waals surface area contributed by atoms with Gasteiger partial charge < -0.3 is 5.32 Å². The molecule has 1 N–H and O–H groups in total. The molecule has 0 spiro atoms. The van der Waals surface area contributed by atoms with Crippen molar-refractivity contribution in [1.29, 1.82) is 0 Å². The number of benzene rings is 1. The Morgan fingerprint density at radius 3 is 2.65 bits per heavy atom. The van der Waals surface area contributed by atoms with Crippen LogP contribution in [0.4, 0.5) is 0 Å². The molecule has 0 unspecified atom stereocenters. The zero-order chi connectivity index (χ0) is 13.9. The van der Waals surface area contributed by atoms with E-state index in [2.05, 4.69) is 41.4 Å². The largest absolute Gasteiger partial charge is 0.351 e. The fourth-order valence-corrected chi connectivity index (χ4v) is 3.64. The quantitative estimate of drug-likeness (QED) is 0.911. The summed E-state index contributed by atoms with van der Waals surface area (Å²) in [6.07, 6.45) is 5.28. The molecule has 1 fully saturated rings. The van der Waals surface area contributed by atoms with E-state index in [0.717, 1.165) is 45.2 Å². The molecule has 3 rings (SSSR count). The van der Waals surface area contributed by atoms with Gasteiger partial charge in [0, 0.05) is 6.04 Å². The van der Waals surface area contributed by atoms with E-state index in [4.69, 9.17) is 0 Å². The molecule has 0 bridgehead atoms. The van der Waals surface area contributed by atoms with Gasteiger partial charge in [0.25, 0.3) is 0 Å². The maximum Gasteiger partial charge on any atom is 0.237 e. The maximum absolute atomic E-state index is 12.5. The minimum atomic E-state index is 0.110. The molecule has 3 heteroatoms. The Kier molecular flexibility index (Phi) is 4.06. The highest BCUT2D eigenvalue weighted by atomic mass is 16.2. The average molecular weight is 272 g/mol. The second-order valence-electron chi connectivity index (χ2n) is 6.08. The first-order chi connectivity index (χ1) is 9.78. The van der Waals surface area contributed by atoms with Crippen LogP contribution < -0.4 is 5.32 Å². The van der Waals surface area contributed by atoms with Crippen molar-refractivity contribution in [2.75, 3.05) is 13.1 Å². The van der Waals surface area contributed by atoms with Gasteiger partial charge in [-0.25, -0.2) is 0 Å². The molecular weight excluding hydrogens is 248 g/mol. The lowest BCUT2D eigenvalue weighted by Gasteiger charge is -2.24. The van der Waals surface area contributed by atoms with Gasteiger partial charge in [-0.15, -0.1) is 0 Å². The van der Waals surface area contributed by atoms with Gasteiger partial charge in [0.1, 0.15) is 0 Å². The van der Waals surface area contributed by atoms with Crippen molar-refractivity contribution in [3.63, 3.8) is 0 Å². The van der Waals surface area contributed by atoms with Gasteiger partial charge >= 0.3 is 0 Å². The van der Waals surface area contributed by atoms with Crippen molar-refractivity contribution in [2.45, 2.75) is 51.1 Å². The average Bonchev–Trinajstić information content (AvgIpc) is 3.04. The lowest BCUT2D eigenvalue weighted by Crippen LogP contribution is -2.47. The van der Waals surface area contributed by atoms with Crippen molar-refractivity contribution in [3.8, 4) is 0 Å². The van der Waals surface area contributed by atoms with E-state index in [-0.39, 0.29) is 11.9 Å². The number of fused-ring (bicyclic) bond motifs is 1. The number of nitrogens with zero attached hydrogens (tertiary/aromatic N) is 1. The Labute approximate surface area is 121 Å². The summed E-state index contributed by atoms with van der Waals surface area (Å²) in [7, 11) is 0. The lowest BCUT2D eigenvalue weighted by atomic mass is 10.1. The molecule has 1 aliphatic heterocycles. The monoisotopic (exact) mass is 272 g/mol. The first-order valence-corrected chi connectivity index (χ1v) is 7.89. The van der Waals surface area contributed by atoms with Gasteiger partial charge in [-0.3, -0.25) is 9.69 Å². The fourth-order valence-electron chi connectivity index (χ4n) is 3.64. The first-order valence-electron chi connectivity index (χ1n) is 7.89. The topological polar surface area (TPSA) is 32.3 Å². The van der Waals surface area contributed by atoms with Gasteiger partial charge in [-0.05, 0) is 56.3 Å². The Hall–Kier alpha value is -1.35. The molecule has 1 saturated heterocycles. The van der Waals surface area contributed by atoms with Gasteiger partial charge in [0.05, 0.1) is 6.04 Å². The summed E-state index contributed by atoms with van der Waals surface area (Å²) >= 11 is 0. The van der Waals surface area contributed by atoms with Crippen LogP contribution in [0.1, 0.15) is 37.3 Å². The zero-order valence-electron chi connectivity index (χ0n) is 12.3. The number of carbonyl (C=O) groups excluding carboxylic acids is 1. The SMILES string of the molecule is CCCN1CCC[C@@H]1C(=O)NC1Cc2ccccc2C1. The molecule has 1 heterocycles. The number of hydrogen-bond donors (Lipinski definition) is 1. The summed E-state index contributed by atoms with van der Waals surface area (Å²) in [5.74, 6) is 0.244. The van der Waals surface area contributed by atoms with Gasteiger partial charge in [-0.2, -0.15) is 0 Å². The van der Waals surface area contributed by atoms with Crippen LogP contribution in [-0.4, -0.2) is 36.0 Å². The first kappa shape index (κ1) is 13.6. The molecule has 1 aliphatic carbocycles. The molecule has 1 aromatic carbocycles. The molecular formula is C17H24N2O. The third-order valence-electron chi connectivity index (χ3n) is 4.57. The van der Waals surface area contributed by atoms with Crippen LogP contribution >= 0.6 is 0 Å². The molecule has 0 aromatic heterocycles.